The zero-order valence-electron chi connectivity index (χ0n) is 12.8. The molecule has 0 radical (unpaired) electrons. The Hall–Kier alpha value is -0.890. The number of nitrogens with one attached hydrogen (secondary N) is 1. The minimum atomic E-state index is -0.141. The molecule has 0 aliphatic heterocycles. The molecule has 108 valence electrons. The summed E-state index contributed by atoms with van der Waals surface area (Å²) in [7, 11) is 0. The van der Waals surface area contributed by atoms with Crippen molar-refractivity contribution < 1.29 is 4.39 Å². The number of benzene rings is 1. The molecule has 2 atom stereocenters. The fraction of sp³-hybridized carbons (Fsp3) is 0.647. The van der Waals surface area contributed by atoms with Crippen LogP contribution in [0.5, 0.6) is 0 Å². The maximum absolute atomic E-state index is 13.3. The van der Waals surface area contributed by atoms with Crippen molar-refractivity contribution in [3.8, 4) is 0 Å². The molecule has 0 saturated carbocycles. The number of rotatable bonds is 8. The van der Waals surface area contributed by atoms with Gasteiger partial charge in [-0.25, -0.2) is 4.39 Å². The van der Waals surface area contributed by atoms with Crippen LogP contribution in [-0.4, -0.2) is 6.54 Å². The lowest BCUT2D eigenvalue weighted by Crippen LogP contribution is -2.28. The van der Waals surface area contributed by atoms with Gasteiger partial charge in [0, 0.05) is 6.04 Å². The van der Waals surface area contributed by atoms with Crippen LogP contribution in [0.1, 0.15) is 63.6 Å². The quantitative estimate of drug-likeness (QED) is 0.697. The monoisotopic (exact) mass is 265 g/mol. The second-order valence-electron chi connectivity index (χ2n) is 5.35. The standard InChI is InChI=1S/C17H28FN/c1-5-8-9-14(6-2)17(19-7-3)16-11-10-15(18)12-13(16)4/h10-12,14,17,19H,5-9H2,1-4H3. The Morgan fingerprint density at radius 1 is 1.21 bits per heavy atom. The van der Waals surface area contributed by atoms with E-state index >= 15 is 0 Å². The summed E-state index contributed by atoms with van der Waals surface area (Å²) in [6, 6.07) is 5.53. The molecule has 0 spiro atoms. The van der Waals surface area contributed by atoms with Gasteiger partial charge in [0.15, 0.2) is 0 Å². The van der Waals surface area contributed by atoms with Gasteiger partial charge in [-0.05, 0) is 49.1 Å². The summed E-state index contributed by atoms with van der Waals surface area (Å²) in [4.78, 5) is 0. The summed E-state index contributed by atoms with van der Waals surface area (Å²) in [6.45, 7) is 9.58. The fourth-order valence-electron chi connectivity index (χ4n) is 2.81. The predicted molar refractivity (Wildman–Crippen MR) is 80.9 cm³/mol. The van der Waals surface area contributed by atoms with E-state index in [1.807, 2.05) is 13.0 Å². The first kappa shape index (κ1) is 16.2. The van der Waals surface area contributed by atoms with Crippen LogP contribution in [0.2, 0.25) is 0 Å². The Morgan fingerprint density at radius 2 is 1.95 bits per heavy atom. The number of hydrogen-bond acceptors (Lipinski definition) is 1. The molecule has 1 aromatic rings. The van der Waals surface area contributed by atoms with Gasteiger partial charge < -0.3 is 5.32 Å². The SMILES string of the molecule is CCCCC(CC)C(NCC)c1ccc(F)cc1C. The van der Waals surface area contributed by atoms with Gasteiger partial charge in [-0.2, -0.15) is 0 Å². The summed E-state index contributed by atoms with van der Waals surface area (Å²) >= 11 is 0. The molecule has 2 unspecified atom stereocenters. The summed E-state index contributed by atoms with van der Waals surface area (Å²) < 4.78 is 13.3. The van der Waals surface area contributed by atoms with Crippen LogP contribution < -0.4 is 5.32 Å². The van der Waals surface area contributed by atoms with Crippen LogP contribution in [0.25, 0.3) is 0 Å². The first-order chi connectivity index (χ1) is 9.13. The van der Waals surface area contributed by atoms with Crippen molar-refractivity contribution in [3.05, 3.63) is 35.1 Å². The Balaban J connectivity index is 2.96. The van der Waals surface area contributed by atoms with Gasteiger partial charge in [0.05, 0.1) is 0 Å². The molecule has 1 aromatic carbocycles. The van der Waals surface area contributed by atoms with E-state index in [0.29, 0.717) is 12.0 Å². The number of aryl methyl sites for hydroxylation is 1. The second kappa shape index (κ2) is 8.31. The molecule has 0 saturated heterocycles. The molecule has 0 heterocycles. The zero-order chi connectivity index (χ0) is 14.3. The van der Waals surface area contributed by atoms with Crippen LogP contribution in [0.15, 0.2) is 18.2 Å². The van der Waals surface area contributed by atoms with Crippen molar-refractivity contribution in [2.75, 3.05) is 6.54 Å². The van der Waals surface area contributed by atoms with Crippen molar-refractivity contribution >= 4 is 0 Å². The molecule has 1 rings (SSSR count). The van der Waals surface area contributed by atoms with E-state index in [1.165, 1.54) is 24.8 Å². The third-order valence-corrected chi connectivity index (χ3v) is 3.92. The van der Waals surface area contributed by atoms with E-state index in [9.17, 15) is 4.39 Å². The Labute approximate surface area is 117 Å². The molecule has 1 N–H and O–H groups in total. The van der Waals surface area contributed by atoms with Crippen LogP contribution >= 0.6 is 0 Å². The van der Waals surface area contributed by atoms with Gasteiger partial charge in [0.1, 0.15) is 5.82 Å². The molecule has 1 nitrogen and oxygen atoms in total. The Kier molecular flexibility index (Phi) is 7.07. The lowest BCUT2D eigenvalue weighted by atomic mass is 9.85. The van der Waals surface area contributed by atoms with Gasteiger partial charge in [-0.1, -0.05) is 46.1 Å². The van der Waals surface area contributed by atoms with Crippen molar-refractivity contribution in [1.82, 2.24) is 5.32 Å². The van der Waals surface area contributed by atoms with Gasteiger partial charge in [0.2, 0.25) is 0 Å². The maximum Gasteiger partial charge on any atom is 0.123 e. The number of halogens is 1. The molecule has 0 aromatic heterocycles. The minimum Gasteiger partial charge on any atom is -0.310 e. The molecular formula is C17H28FN. The molecule has 2 heteroatoms. The van der Waals surface area contributed by atoms with Gasteiger partial charge in [-0.3, -0.25) is 0 Å². The molecular weight excluding hydrogens is 237 g/mol. The van der Waals surface area contributed by atoms with E-state index in [0.717, 1.165) is 18.5 Å². The van der Waals surface area contributed by atoms with Gasteiger partial charge in [-0.15, -0.1) is 0 Å². The molecule has 0 amide bonds. The van der Waals surface area contributed by atoms with E-state index in [-0.39, 0.29) is 5.82 Å². The highest BCUT2D eigenvalue weighted by Crippen LogP contribution is 2.31. The first-order valence-corrected chi connectivity index (χ1v) is 7.63. The average molecular weight is 265 g/mol. The van der Waals surface area contributed by atoms with Crippen LogP contribution in [-0.2, 0) is 0 Å². The molecule has 0 aliphatic rings. The van der Waals surface area contributed by atoms with Crippen LogP contribution in [0, 0.1) is 18.7 Å². The third-order valence-electron chi connectivity index (χ3n) is 3.92. The summed E-state index contributed by atoms with van der Waals surface area (Å²) in [5, 5.41) is 3.60. The summed E-state index contributed by atoms with van der Waals surface area (Å²) in [5.74, 6) is 0.488. The van der Waals surface area contributed by atoms with Crippen molar-refractivity contribution in [2.45, 2.75) is 59.4 Å². The number of hydrogen-bond donors (Lipinski definition) is 1. The largest absolute Gasteiger partial charge is 0.310 e. The van der Waals surface area contributed by atoms with E-state index in [1.54, 1.807) is 12.1 Å². The van der Waals surface area contributed by atoms with Gasteiger partial charge in [0.25, 0.3) is 0 Å². The average Bonchev–Trinajstić information content (AvgIpc) is 2.39. The molecule has 0 bridgehead atoms. The lowest BCUT2D eigenvalue weighted by Gasteiger charge is -2.29. The topological polar surface area (TPSA) is 12.0 Å². The second-order valence-corrected chi connectivity index (χ2v) is 5.35. The van der Waals surface area contributed by atoms with Crippen molar-refractivity contribution in [2.24, 2.45) is 5.92 Å². The zero-order valence-corrected chi connectivity index (χ0v) is 12.8. The minimum absolute atomic E-state index is 0.141. The van der Waals surface area contributed by atoms with E-state index < -0.39 is 0 Å². The van der Waals surface area contributed by atoms with Crippen molar-refractivity contribution in [1.29, 1.82) is 0 Å². The first-order valence-electron chi connectivity index (χ1n) is 7.63. The predicted octanol–water partition coefficient (Wildman–Crippen LogP) is 5.00. The van der Waals surface area contributed by atoms with Crippen LogP contribution in [0.4, 0.5) is 4.39 Å². The summed E-state index contributed by atoms with van der Waals surface area (Å²) in [6.07, 6.45) is 4.90. The lowest BCUT2D eigenvalue weighted by molar-refractivity contribution is 0.326. The highest BCUT2D eigenvalue weighted by Gasteiger charge is 2.22. The maximum atomic E-state index is 13.3. The van der Waals surface area contributed by atoms with Crippen molar-refractivity contribution in [3.63, 3.8) is 0 Å². The molecule has 0 fully saturated rings. The fourth-order valence-corrected chi connectivity index (χ4v) is 2.81. The summed E-state index contributed by atoms with van der Waals surface area (Å²) in [5.41, 5.74) is 2.31. The highest BCUT2D eigenvalue weighted by atomic mass is 19.1. The molecule has 0 aliphatic carbocycles. The van der Waals surface area contributed by atoms with Crippen LogP contribution in [0.3, 0.4) is 0 Å². The highest BCUT2D eigenvalue weighted by molar-refractivity contribution is 5.30. The number of unbranched alkanes of at least 4 members (excludes halogenated alkanes) is 1. The van der Waals surface area contributed by atoms with E-state index in [2.05, 4.69) is 26.1 Å². The van der Waals surface area contributed by atoms with Gasteiger partial charge >= 0.3 is 0 Å². The molecule has 19 heavy (non-hydrogen) atoms. The normalized spacial score (nSPS) is 14.4. The third kappa shape index (κ3) is 4.61. The Bertz CT molecular complexity index is 376. The smallest absolute Gasteiger partial charge is 0.123 e. The van der Waals surface area contributed by atoms with E-state index in [4.69, 9.17) is 0 Å². The Morgan fingerprint density at radius 3 is 2.47 bits per heavy atom.